The second-order valence-electron chi connectivity index (χ2n) is 5.69. The summed E-state index contributed by atoms with van der Waals surface area (Å²) in [6, 6.07) is 6.39. The molecular formula is C18H15FINO4. The summed E-state index contributed by atoms with van der Waals surface area (Å²) in [7, 11) is 2.81. The van der Waals surface area contributed by atoms with E-state index in [1.807, 2.05) is 22.6 Å². The van der Waals surface area contributed by atoms with E-state index in [1.165, 1.54) is 17.7 Å². The Bertz CT molecular complexity index is 1050. The van der Waals surface area contributed by atoms with Crippen LogP contribution in [0.4, 0.5) is 4.39 Å². The second-order valence-corrected chi connectivity index (χ2v) is 6.94. The molecule has 0 aliphatic rings. The van der Waals surface area contributed by atoms with Crippen LogP contribution >= 0.6 is 22.6 Å². The lowest BCUT2D eigenvalue weighted by Gasteiger charge is -2.14. The molecule has 3 rings (SSSR count). The summed E-state index contributed by atoms with van der Waals surface area (Å²) in [6.07, 6.45) is 0.0641. The highest BCUT2D eigenvalue weighted by Crippen LogP contribution is 2.26. The first-order chi connectivity index (χ1) is 11.8. The summed E-state index contributed by atoms with van der Waals surface area (Å²) in [5, 5.41) is 0.298. The van der Waals surface area contributed by atoms with Crippen LogP contribution in [0.25, 0.3) is 11.0 Å². The smallest absolute Gasteiger partial charge is 0.343 e. The zero-order valence-corrected chi connectivity index (χ0v) is 16.0. The van der Waals surface area contributed by atoms with E-state index in [0.717, 1.165) is 3.57 Å². The van der Waals surface area contributed by atoms with Crippen LogP contribution in [0.5, 0.6) is 0 Å². The zero-order valence-electron chi connectivity index (χ0n) is 13.9. The fourth-order valence-corrected chi connectivity index (χ4v) is 3.28. The average molecular weight is 455 g/mol. The molecule has 0 aliphatic carbocycles. The summed E-state index contributed by atoms with van der Waals surface area (Å²) in [6.45, 7) is 1.69. The van der Waals surface area contributed by atoms with Crippen molar-refractivity contribution in [3.63, 3.8) is 0 Å². The first-order valence-corrected chi connectivity index (χ1v) is 8.55. The van der Waals surface area contributed by atoms with Crippen LogP contribution in [-0.2, 0) is 18.2 Å². The van der Waals surface area contributed by atoms with Crippen LogP contribution in [-0.4, -0.2) is 17.6 Å². The van der Waals surface area contributed by atoms with E-state index in [0.29, 0.717) is 22.4 Å². The molecule has 0 aliphatic heterocycles. The molecule has 5 nitrogen and oxygen atoms in total. The molecule has 25 heavy (non-hydrogen) atoms. The van der Waals surface area contributed by atoms with Gasteiger partial charge in [-0.2, -0.15) is 0 Å². The minimum absolute atomic E-state index is 0.0641. The molecule has 2 heterocycles. The topological polar surface area (TPSA) is 61.4 Å². The number of pyridine rings is 1. The Labute approximate surface area is 156 Å². The van der Waals surface area contributed by atoms with Crippen molar-refractivity contribution < 1.29 is 18.3 Å². The minimum Gasteiger partial charge on any atom is -0.465 e. The van der Waals surface area contributed by atoms with Gasteiger partial charge < -0.3 is 13.7 Å². The van der Waals surface area contributed by atoms with Crippen molar-refractivity contribution >= 4 is 39.5 Å². The van der Waals surface area contributed by atoms with Crippen molar-refractivity contribution in [2.24, 2.45) is 7.05 Å². The summed E-state index contributed by atoms with van der Waals surface area (Å²) in [4.78, 5) is 25.0. The molecule has 0 saturated carbocycles. The van der Waals surface area contributed by atoms with Crippen LogP contribution in [0, 0.1) is 16.3 Å². The quantitative estimate of drug-likeness (QED) is 0.448. The Morgan fingerprint density at radius 3 is 2.72 bits per heavy atom. The Morgan fingerprint density at radius 1 is 1.36 bits per heavy atom. The van der Waals surface area contributed by atoms with Gasteiger partial charge in [-0.05, 0) is 53.3 Å². The van der Waals surface area contributed by atoms with E-state index >= 15 is 0 Å². The highest BCUT2D eigenvalue weighted by Gasteiger charge is 2.25. The number of hydrogen-bond acceptors (Lipinski definition) is 4. The first-order valence-electron chi connectivity index (χ1n) is 7.47. The molecule has 0 fully saturated rings. The van der Waals surface area contributed by atoms with Gasteiger partial charge in [0, 0.05) is 22.7 Å². The predicted octanol–water partition coefficient (Wildman–Crippen LogP) is 3.56. The molecule has 0 radical (unpaired) electrons. The number of carbonyl (C=O) groups is 1. The molecule has 0 saturated heterocycles. The van der Waals surface area contributed by atoms with Crippen molar-refractivity contribution in [2.75, 3.05) is 7.11 Å². The summed E-state index contributed by atoms with van der Waals surface area (Å²) < 4.78 is 26.8. The fraction of sp³-hybridized carbons (Fsp3) is 0.222. The van der Waals surface area contributed by atoms with Crippen molar-refractivity contribution in [3.05, 3.63) is 66.6 Å². The Morgan fingerprint density at radius 2 is 2.08 bits per heavy atom. The van der Waals surface area contributed by atoms with Crippen LogP contribution < -0.4 is 5.56 Å². The number of furan rings is 1. The number of esters is 1. The van der Waals surface area contributed by atoms with Gasteiger partial charge in [0.05, 0.1) is 12.5 Å². The monoisotopic (exact) mass is 455 g/mol. The van der Waals surface area contributed by atoms with Crippen molar-refractivity contribution in [3.8, 4) is 0 Å². The number of fused-ring (bicyclic) bond motifs is 1. The Hall–Kier alpha value is -2.16. The molecule has 0 spiro atoms. The van der Waals surface area contributed by atoms with Crippen LogP contribution in [0.2, 0.25) is 0 Å². The van der Waals surface area contributed by atoms with Gasteiger partial charge in [-0.15, -0.1) is 0 Å². The van der Waals surface area contributed by atoms with E-state index < -0.39 is 11.8 Å². The van der Waals surface area contributed by atoms with Gasteiger partial charge in [0.2, 0.25) is 0 Å². The predicted molar refractivity (Wildman–Crippen MR) is 99.5 cm³/mol. The fourth-order valence-electron chi connectivity index (χ4n) is 2.83. The zero-order chi connectivity index (χ0) is 18.3. The molecular weight excluding hydrogens is 440 g/mol. The van der Waals surface area contributed by atoms with E-state index in [2.05, 4.69) is 0 Å². The molecule has 0 bridgehead atoms. The number of nitrogens with zero attached hydrogens (tertiary/aromatic N) is 1. The largest absolute Gasteiger partial charge is 0.465 e. The molecule has 0 amide bonds. The lowest BCUT2D eigenvalue weighted by molar-refractivity contribution is 0.0599. The SMILES string of the molecule is COC(=O)c1c(Cc2ccc(I)cc2F)n(C)c(=O)c2cc(C)oc12. The molecule has 0 atom stereocenters. The third kappa shape index (κ3) is 3.08. The highest BCUT2D eigenvalue weighted by atomic mass is 127. The van der Waals surface area contributed by atoms with Gasteiger partial charge in [-0.3, -0.25) is 4.79 Å². The van der Waals surface area contributed by atoms with Gasteiger partial charge in [-0.25, -0.2) is 9.18 Å². The standard InChI is InChI=1S/C18H15FINO4/c1-9-6-12-16(25-9)15(18(23)24-3)14(21(2)17(12)22)7-10-4-5-11(20)8-13(10)19/h4-6,8H,7H2,1-3H3. The number of halogens is 2. The number of benzene rings is 1. The van der Waals surface area contributed by atoms with E-state index in [9.17, 15) is 14.0 Å². The number of rotatable bonds is 3. The summed E-state index contributed by atoms with van der Waals surface area (Å²) >= 11 is 2.02. The second kappa shape index (κ2) is 6.62. The maximum Gasteiger partial charge on any atom is 0.343 e. The number of carbonyl (C=O) groups excluding carboxylic acids is 1. The van der Waals surface area contributed by atoms with E-state index in [1.54, 1.807) is 32.2 Å². The molecule has 7 heteroatoms. The number of aryl methyl sites for hydroxylation is 1. The van der Waals surface area contributed by atoms with Crippen LogP contribution in [0.15, 0.2) is 33.5 Å². The third-order valence-electron chi connectivity index (χ3n) is 4.07. The van der Waals surface area contributed by atoms with Gasteiger partial charge in [0.15, 0.2) is 5.58 Å². The van der Waals surface area contributed by atoms with E-state index in [4.69, 9.17) is 9.15 Å². The van der Waals surface area contributed by atoms with Gasteiger partial charge in [-0.1, -0.05) is 6.07 Å². The van der Waals surface area contributed by atoms with Crippen LogP contribution in [0.1, 0.15) is 27.4 Å². The van der Waals surface area contributed by atoms with Gasteiger partial charge in [0.1, 0.15) is 17.1 Å². The Kier molecular flexibility index (Phi) is 4.68. The summed E-state index contributed by atoms with van der Waals surface area (Å²) in [5.74, 6) is -0.517. The first kappa shape index (κ1) is 17.7. The number of ether oxygens (including phenoxy) is 1. The average Bonchev–Trinajstić information content (AvgIpc) is 2.95. The van der Waals surface area contributed by atoms with Gasteiger partial charge >= 0.3 is 5.97 Å². The maximum absolute atomic E-state index is 14.3. The number of aromatic nitrogens is 1. The number of hydrogen-bond donors (Lipinski definition) is 0. The lowest BCUT2D eigenvalue weighted by atomic mass is 10.0. The Balaban J connectivity index is 2.31. The van der Waals surface area contributed by atoms with Crippen LogP contribution in [0.3, 0.4) is 0 Å². The molecule has 0 N–H and O–H groups in total. The molecule has 0 unspecified atom stereocenters. The molecule has 130 valence electrons. The van der Waals surface area contributed by atoms with E-state index in [-0.39, 0.29) is 23.1 Å². The van der Waals surface area contributed by atoms with Crippen molar-refractivity contribution in [1.29, 1.82) is 0 Å². The molecule has 1 aromatic carbocycles. The molecule has 3 aromatic rings. The highest BCUT2D eigenvalue weighted by molar-refractivity contribution is 14.1. The lowest BCUT2D eigenvalue weighted by Crippen LogP contribution is -2.25. The van der Waals surface area contributed by atoms with Crippen molar-refractivity contribution in [2.45, 2.75) is 13.3 Å². The van der Waals surface area contributed by atoms with Crippen molar-refractivity contribution in [1.82, 2.24) is 4.57 Å². The summed E-state index contributed by atoms with van der Waals surface area (Å²) in [5.41, 5.74) is 0.737. The normalized spacial score (nSPS) is 11.1. The third-order valence-corrected chi connectivity index (χ3v) is 4.74. The molecule has 2 aromatic heterocycles. The number of methoxy groups -OCH3 is 1. The maximum atomic E-state index is 14.3. The van der Waals surface area contributed by atoms with Gasteiger partial charge in [0.25, 0.3) is 5.56 Å². The minimum atomic E-state index is -0.629.